The lowest BCUT2D eigenvalue weighted by Gasteiger charge is -2.21. The van der Waals surface area contributed by atoms with Crippen molar-refractivity contribution < 1.29 is 4.79 Å². The van der Waals surface area contributed by atoms with E-state index < -0.39 is 0 Å². The van der Waals surface area contributed by atoms with Gasteiger partial charge in [0.25, 0.3) is 0 Å². The molecular formula is C18H30N2O. The number of nitrogens with two attached hydrogens (primary N) is 1. The Bertz CT molecular complexity index is 443. The second-order valence-corrected chi connectivity index (χ2v) is 7.07. The lowest BCUT2D eigenvalue weighted by atomic mass is 9.87. The van der Waals surface area contributed by atoms with Crippen LogP contribution in [-0.2, 0) is 16.8 Å². The number of carbonyl (C=O) groups is 1. The Morgan fingerprint density at radius 3 is 2.29 bits per heavy atom. The van der Waals surface area contributed by atoms with E-state index in [0.717, 1.165) is 12.8 Å². The molecule has 0 aliphatic rings. The molecule has 0 saturated heterocycles. The van der Waals surface area contributed by atoms with Crippen LogP contribution in [-0.4, -0.2) is 23.9 Å². The van der Waals surface area contributed by atoms with Gasteiger partial charge < -0.3 is 10.6 Å². The van der Waals surface area contributed by atoms with Crippen molar-refractivity contribution in [2.75, 3.05) is 7.05 Å². The molecule has 0 heterocycles. The number of rotatable bonds is 6. The van der Waals surface area contributed by atoms with E-state index >= 15 is 0 Å². The van der Waals surface area contributed by atoms with Crippen LogP contribution in [0.2, 0.25) is 0 Å². The molecule has 118 valence electrons. The first-order valence-corrected chi connectivity index (χ1v) is 7.79. The van der Waals surface area contributed by atoms with Gasteiger partial charge in [-0.3, -0.25) is 4.79 Å². The van der Waals surface area contributed by atoms with E-state index in [2.05, 4.69) is 45.0 Å². The Morgan fingerprint density at radius 2 is 1.81 bits per heavy atom. The summed E-state index contributed by atoms with van der Waals surface area (Å²) in [6.07, 6.45) is 2.35. The third-order valence-corrected chi connectivity index (χ3v) is 3.72. The summed E-state index contributed by atoms with van der Waals surface area (Å²) in [5, 5.41) is 0. The van der Waals surface area contributed by atoms with Crippen molar-refractivity contribution in [3.63, 3.8) is 0 Å². The molecule has 3 heteroatoms. The van der Waals surface area contributed by atoms with Crippen molar-refractivity contribution in [3.05, 3.63) is 35.4 Å². The molecular weight excluding hydrogens is 260 g/mol. The highest BCUT2D eigenvalue weighted by Crippen LogP contribution is 2.22. The highest BCUT2D eigenvalue weighted by molar-refractivity contribution is 5.75. The predicted octanol–water partition coefficient (Wildman–Crippen LogP) is 3.46. The number of amides is 1. The molecule has 0 bridgehead atoms. The molecule has 21 heavy (non-hydrogen) atoms. The van der Waals surface area contributed by atoms with Crippen molar-refractivity contribution in [1.82, 2.24) is 4.90 Å². The van der Waals surface area contributed by atoms with Gasteiger partial charge in [0.05, 0.1) is 0 Å². The maximum atomic E-state index is 12.0. The Morgan fingerprint density at radius 1 is 1.24 bits per heavy atom. The molecule has 0 aromatic heterocycles. The van der Waals surface area contributed by atoms with Crippen molar-refractivity contribution in [2.45, 2.75) is 65.0 Å². The van der Waals surface area contributed by atoms with E-state index in [1.165, 1.54) is 11.1 Å². The second-order valence-electron chi connectivity index (χ2n) is 7.07. The fourth-order valence-corrected chi connectivity index (χ4v) is 2.24. The fraction of sp³-hybridized carbons (Fsp3) is 0.611. The van der Waals surface area contributed by atoms with Crippen LogP contribution < -0.4 is 5.73 Å². The molecule has 0 fully saturated rings. The largest absolute Gasteiger partial charge is 0.341 e. The molecule has 0 saturated carbocycles. The quantitative estimate of drug-likeness (QED) is 0.872. The topological polar surface area (TPSA) is 46.3 Å². The number of hydrogen-bond acceptors (Lipinski definition) is 2. The lowest BCUT2D eigenvalue weighted by Crippen LogP contribution is -2.26. The summed E-state index contributed by atoms with van der Waals surface area (Å²) in [6.45, 7) is 9.26. The highest BCUT2D eigenvalue weighted by atomic mass is 16.2. The van der Waals surface area contributed by atoms with E-state index in [4.69, 9.17) is 5.73 Å². The Labute approximate surface area is 129 Å². The highest BCUT2D eigenvalue weighted by Gasteiger charge is 2.14. The Kier molecular flexibility index (Phi) is 6.41. The zero-order valence-electron chi connectivity index (χ0n) is 14.1. The molecule has 0 aliphatic carbocycles. The van der Waals surface area contributed by atoms with Crippen molar-refractivity contribution in [2.24, 2.45) is 5.73 Å². The second kappa shape index (κ2) is 7.60. The Balaban J connectivity index is 2.50. The van der Waals surface area contributed by atoms with E-state index in [0.29, 0.717) is 13.0 Å². The van der Waals surface area contributed by atoms with E-state index in [9.17, 15) is 4.79 Å². The summed E-state index contributed by atoms with van der Waals surface area (Å²) in [5.74, 6) is 0.190. The third kappa shape index (κ3) is 6.30. The molecule has 1 atom stereocenters. The summed E-state index contributed by atoms with van der Waals surface area (Å²) in [5.41, 5.74) is 8.36. The first-order chi connectivity index (χ1) is 9.70. The van der Waals surface area contributed by atoms with Crippen LogP contribution in [0.3, 0.4) is 0 Å². The number of nitrogens with zero attached hydrogens (tertiary/aromatic N) is 1. The zero-order chi connectivity index (χ0) is 16.0. The first kappa shape index (κ1) is 17.7. The monoisotopic (exact) mass is 290 g/mol. The summed E-state index contributed by atoms with van der Waals surface area (Å²) >= 11 is 0. The summed E-state index contributed by atoms with van der Waals surface area (Å²) < 4.78 is 0. The lowest BCUT2D eigenvalue weighted by molar-refractivity contribution is -0.130. The molecule has 1 aromatic rings. The smallest absolute Gasteiger partial charge is 0.222 e. The van der Waals surface area contributed by atoms with Gasteiger partial charge in [-0.25, -0.2) is 0 Å². The summed E-state index contributed by atoms with van der Waals surface area (Å²) in [6, 6.07) is 8.72. The van der Waals surface area contributed by atoms with Crippen LogP contribution in [0.15, 0.2) is 24.3 Å². The average Bonchev–Trinajstić information content (AvgIpc) is 2.37. The van der Waals surface area contributed by atoms with Crippen LogP contribution in [0.1, 0.15) is 58.1 Å². The van der Waals surface area contributed by atoms with Gasteiger partial charge in [-0.1, -0.05) is 45.0 Å². The maximum Gasteiger partial charge on any atom is 0.222 e. The van der Waals surface area contributed by atoms with Gasteiger partial charge in [-0.2, -0.15) is 0 Å². The summed E-state index contributed by atoms with van der Waals surface area (Å²) in [7, 11) is 1.87. The van der Waals surface area contributed by atoms with E-state index in [-0.39, 0.29) is 17.4 Å². The SMILES string of the molecule is CC(N)CCCC(=O)N(C)Cc1ccc(C(C)(C)C)cc1. The van der Waals surface area contributed by atoms with Crippen molar-refractivity contribution >= 4 is 5.91 Å². The number of benzene rings is 1. The van der Waals surface area contributed by atoms with Gasteiger partial charge in [0.2, 0.25) is 5.91 Å². The van der Waals surface area contributed by atoms with Crippen LogP contribution in [0.5, 0.6) is 0 Å². The van der Waals surface area contributed by atoms with Gasteiger partial charge in [0, 0.05) is 26.1 Å². The van der Waals surface area contributed by atoms with Gasteiger partial charge in [-0.05, 0) is 36.3 Å². The molecule has 0 radical (unpaired) electrons. The number of carbonyl (C=O) groups excluding carboxylic acids is 1. The molecule has 0 aliphatic heterocycles. The molecule has 1 rings (SSSR count). The minimum absolute atomic E-state index is 0.166. The van der Waals surface area contributed by atoms with Crippen molar-refractivity contribution in [1.29, 1.82) is 0 Å². The van der Waals surface area contributed by atoms with Gasteiger partial charge in [0.1, 0.15) is 0 Å². The molecule has 1 unspecified atom stereocenters. The van der Waals surface area contributed by atoms with E-state index in [1.807, 2.05) is 14.0 Å². The van der Waals surface area contributed by atoms with Crippen LogP contribution in [0.25, 0.3) is 0 Å². The first-order valence-electron chi connectivity index (χ1n) is 7.79. The fourth-order valence-electron chi connectivity index (χ4n) is 2.24. The van der Waals surface area contributed by atoms with E-state index in [1.54, 1.807) is 4.90 Å². The zero-order valence-corrected chi connectivity index (χ0v) is 14.1. The van der Waals surface area contributed by atoms with Gasteiger partial charge >= 0.3 is 0 Å². The maximum absolute atomic E-state index is 12.0. The predicted molar refractivity (Wildman–Crippen MR) is 89.1 cm³/mol. The summed E-state index contributed by atoms with van der Waals surface area (Å²) in [4.78, 5) is 13.8. The van der Waals surface area contributed by atoms with Crippen LogP contribution in [0, 0.1) is 0 Å². The third-order valence-electron chi connectivity index (χ3n) is 3.72. The molecule has 1 aromatic carbocycles. The van der Waals surface area contributed by atoms with Gasteiger partial charge in [-0.15, -0.1) is 0 Å². The minimum atomic E-state index is 0.166. The standard InChI is InChI=1S/C18H30N2O/c1-14(19)7-6-8-17(21)20(5)13-15-9-11-16(12-10-15)18(2,3)4/h9-12,14H,6-8,13,19H2,1-5H3. The number of hydrogen-bond donors (Lipinski definition) is 1. The minimum Gasteiger partial charge on any atom is -0.341 e. The normalized spacial score (nSPS) is 13.0. The molecule has 1 amide bonds. The molecule has 3 nitrogen and oxygen atoms in total. The Hall–Kier alpha value is -1.35. The van der Waals surface area contributed by atoms with Crippen molar-refractivity contribution in [3.8, 4) is 0 Å². The van der Waals surface area contributed by atoms with Crippen LogP contribution >= 0.6 is 0 Å². The average molecular weight is 290 g/mol. The van der Waals surface area contributed by atoms with Gasteiger partial charge in [0.15, 0.2) is 0 Å². The molecule has 2 N–H and O–H groups in total. The molecule has 0 spiro atoms. The van der Waals surface area contributed by atoms with Crippen LogP contribution in [0.4, 0.5) is 0 Å².